The van der Waals surface area contributed by atoms with Crippen LogP contribution in [0.1, 0.15) is 0 Å². The van der Waals surface area contributed by atoms with E-state index in [1.165, 1.54) is 5.69 Å². The second-order valence-electron chi connectivity index (χ2n) is 4.92. The van der Waals surface area contributed by atoms with E-state index in [0.717, 1.165) is 41.8 Å². The molecule has 20 heavy (non-hydrogen) atoms. The molecule has 2 N–H and O–H groups in total. The molecule has 2 aromatic rings. The number of hydrogen-bond donors (Lipinski definition) is 2. The summed E-state index contributed by atoms with van der Waals surface area (Å²) in [6.07, 6.45) is 0. The number of piperazine rings is 1. The first kappa shape index (κ1) is 13.5. The number of nitrogens with zero attached hydrogens (tertiary/aromatic N) is 1. The van der Waals surface area contributed by atoms with Crippen molar-refractivity contribution in [2.45, 2.75) is 0 Å². The van der Waals surface area contributed by atoms with Gasteiger partial charge in [0, 0.05) is 37.4 Å². The van der Waals surface area contributed by atoms with Crippen molar-refractivity contribution in [3.63, 3.8) is 0 Å². The molecular formula is C16H17BrN2O. The maximum absolute atomic E-state index is 10.2. The molecule has 0 bridgehead atoms. The van der Waals surface area contributed by atoms with Crippen molar-refractivity contribution in [1.82, 2.24) is 5.32 Å². The first-order chi connectivity index (χ1) is 9.75. The Balaban J connectivity index is 1.96. The molecule has 1 fully saturated rings. The molecule has 3 nitrogen and oxygen atoms in total. The minimum Gasteiger partial charge on any atom is -0.506 e. The molecule has 104 valence electrons. The Hall–Kier alpha value is -1.52. The van der Waals surface area contributed by atoms with Crippen LogP contribution >= 0.6 is 15.9 Å². The summed E-state index contributed by atoms with van der Waals surface area (Å²) in [5, 5.41) is 13.5. The van der Waals surface area contributed by atoms with Gasteiger partial charge in [-0.05, 0) is 39.7 Å². The van der Waals surface area contributed by atoms with E-state index in [1.54, 1.807) is 0 Å². The SMILES string of the molecule is Oc1c(Br)cccc1-c1cccc(N2CCNCC2)c1. The number of anilines is 1. The van der Waals surface area contributed by atoms with Gasteiger partial charge in [0.15, 0.2) is 0 Å². The molecule has 0 spiro atoms. The number of nitrogens with one attached hydrogen (secondary N) is 1. The summed E-state index contributed by atoms with van der Waals surface area (Å²) in [6.45, 7) is 4.08. The van der Waals surface area contributed by atoms with Crippen LogP contribution < -0.4 is 10.2 Å². The predicted octanol–water partition coefficient (Wildman–Crippen LogP) is 3.23. The topological polar surface area (TPSA) is 35.5 Å². The number of halogens is 1. The van der Waals surface area contributed by atoms with Gasteiger partial charge < -0.3 is 15.3 Å². The van der Waals surface area contributed by atoms with Gasteiger partial charge in [0.2, 0.25) is 0 Å². The maximum atomic E-state index is 10.2. The number of phenolic OH excluding ortho intramolecular Hbond substituents is 1. The molecule has 3 rings (SSSR count). The third kappa shape index (κ3) is 2.67. The van der Waals surface area contributed by atoms with Gasteiger partial charge in [0.25, 0.3) is 0 Å². The van der Waals surface area contributed by atoms with Crippen LogP contribution in [0.3, 0.4) is 0 Å². The Labute approximate surface area is 127 Å². The number of benzene rings is 2. The fourth-order valence-corrected chi connectivity index (χ4v) is 2.91. The van der Waals surface area contributed by atoms with Crippen LogP contribution in [0.15, 0.2) is 46.9 Å². The van der Waals surface area contributed by atoms with Crippen molar-refractivity contribution >= 4 is 21.6 Å². The number of para-hydroxylation sites is 1. The van der Waals surface area contributed by atoms with Crippen LogP contribution in [0, 0.1) is 0 Å². The van der Waals surface area contributed by atoms with E-state index < -0.39 is 0 Å². The van der Waals surface area contributed by atoms with Gasteiger partial charge in [-0.3, -0.25) is 0 Å². The lowest BCUT2D eigenvalue weighted by atomic mass is 10.0. The summed E-state index contributed by atoms with van der Waals surface area (Å²) in [5.41, 5.74) is 3.11. The Kier molecular flexibility index (Phi) is 3.94. The van der Waals surface area contributed by atoms with Crippen LogP contribution in [-0.2, 0) is 0 Å². The first-order valence-corrected chi connectivity index (χ1v) is 7.58. The summed E-state index contributed by atoms with van der Waals surface area (Å²) in [5.74, 6) is 0.296. The van der Waals surface area contributed by atoms with Gasteiger partial charge in [-0.15, -0.1) is 0 Å². The number of hydrogen-bond acceptors (Lipinski definition) is 3. The van der Waals surface area contributed by atoms with Crippen molar-refractivity contribution in [3.8, 4) is 16.9 Å². The molecule has 0 aromatic heterocycles. The third-order valence-electron chi connectivity index (χ3n) is 3.63. The second-order valence-corrected chi connectivity index (χ2v) is 5.78. The number of rotatable bonds is 2. The monoisotopic (exact) mass is 332 g/mol. The molecular weight excluding hydrogens is 316 g/mol. The summed E-state index contributed by atoms with van der Waals surface area (Å²) >= 11 is 3.37. The molecule has 0 radical (unpaired) electrons. The van der Waals surface area contributed by atoms with Crippen molar-refractivity contribution in [2.24, 2.45) is 0 Å². The fraction of sp³-hybridized carbons (Fsp3) is 0.250. The zero-order chi connectivity index (χ0) is 13.9. The molecule has 1 aliphatic rings. The zero-order valence-corrected chi connectivity index (χ0v) is 12.7. The molecule has 1 aliphatic heterocycles. The van der Waals surface area contributed by atoms with E-state index in [-0.39, 0.29) is 0 Å². The Morgan fingerprint density at radius 2 is 1.80 bits per heavy atom. The van der Waals surface area contributed by atoms with Crippen LogP contribution in [0.5, 0.6) is 5.75 Å². The standard InChI is InChI=1S/C16H17BrN2O/c17-15-6-2-5-14(16(15)20)12-3-1-4-13(11-12)19-9-7-18-8-10-19/h1-6,11,18,20H,7-10H2. The molecule has 0 aliphatic carbocycles. The molecule has 0 saturated carbocycles. The fourth-order valence-electron chi connectivity index (χ4n) is 2.54. The van der Waals surface area contributed by atoms with Crippen LogP contribution in [0.4, 0.5) is 5.69 Å². The maximum Gasteiger partial charge on any atom is 0.137 e. The Bertz CT molecular complexity index is 609. The zero-order valence-electron chi connectivity index (χ0n) is 11.1. The normalized spacial score (nSPS) is 15.3. The average molecular weight is 333 g/mol. The van der Waals surface area contributed by atoms with Crippen molar-refractivity contribution in [3.05, 3.63) is 46.9 Å². The summed E-state index contributed by atoms with van der Waals surface area (Å²) < 4.78 is 0.725. The number of aromatic hydroxyl groups is 1. The molecule has 0 unspecified atom stereocenters. The molecule has 0 amide bonds. The lowest BCUT2D eigenvalue weighted by molar-refractivity contribution is 0.474. The van der Waals surface area contributed by atoms with E-state index in [0.29, 0.717) is 5.75 Å². The smallest absolute Gasteiger partial charge is 0.137 e. The average Bonchev–Trinajstić information content (AvgIpc) is 2.51. The highest BCUT2D eigenvalue weighted by atomic mass is 79.9. The van der Waals surface area contributed by atoms with Gasteiger partial charge in [0.05, 0.1) is 4.47 Å². The summed E-state index contributed by atoms with van der Waals surface area (Å²) in [6, 6.07) is 14.1. The largest absolute Gasteiger partial charge is 0.506 e. The lowest BCUT2D eigenvalue weighted by Gasteiger charge is -2.29. The molecule has 4 heteroatoms. The molecule has 1 saturated heterocycles. The van der Waals surface area contributed by atoms with Crippen molar-refractivity contribution in [2.75, 3.05) is 31.1 Å². The summed E-state index contributed by atoms with van der Waals surface area (Å²) in [4.78, 5) is 2.37. The molecule has 2 aromatic carbocycles. The van der Waals surface area contributed by atoms with Crippen molar-refractivity contribution < 1.29 is 5.11 Å². The first-order valence-electron chi connectivity index (χ1n) is 6.79. The predicted molar refractivity (Wildman–Crippen MR) is 86.3 cm³/mol. The lowest BCUT2D eigenvalue weighted by Crippen LogP contribution is -2.43. The summed E-state index contributed by atoms with van der Waals surface area (Å²) in [7, 11) is 0. The van der Waals surface area contributed by atoms with Gasteiger partial charge in [-0.25, -0.2) is 0 Å². The quantitative estimate of drug-likeness (QED) is 0.886. The Morgan fingerprint density at radius 3 is 2.60 bits per heavy atom. The van der Waals surface area contributed by atoms with Crippen molar-refractivity contribution in [1.29, 1.82) is 0 Å². The number of phenols is 1. The van der Waals surface area contributed by atoms with Gasteiger partial charge in [-0.1, -0.05) is 24.3 Å². The minimum absolute atomic E-state index is 0.296. The highest BCUT2D eigenvalue weighted by Gasteiger charge is 2.12. The van der Waals surface area contributed by atoms with Crippen LogP contribution in [0.2, 0.25) is 0 Å². The van der Waals surface area contributed by atoms with E-state index in [4.69, 9.17) is 0 Å². The van der Waals surface area contributed by atoms with Gasteiger partial charge >= 0.3 is 0 Å². The Morgan fingerprint density at radius 1 is 1.05 bits per heavy atom. The third-order valence-corrected chi connectivity index (χ3v) is 4.27. The van der Waals surface area contributed by atoms with Gasteiger partial charge in [0.1, 0.15) is 5.75 Å². The van der Waals surface area contributed by atoms with Crippen LogP contribution in [0.25, 0.3) is 11.1 Å². The van der Waals surface area contributed by atoms with E-state index in [2.05, 4.69) is 38.3 Å². The van der Waals surface area contributed by atoms with E-state index >= 15 is 0 Å². The van der Waals surface area contributed by atoms with Gasteiger partial charge in [-0.2, -0.15) is 0 Å². The van der Waals surface area contributed by atoms with Crippen LogP contribution in [-0.4, -0.2) is 31.3 Å². The van der Waals surface area contributed by atoms with E-state index in [1.807, 2.05) is 30.3 Å². The second kappa shape index (κ2) is 5.85. The highest BCUT2D eigenvalue weighted by Crippen LogP contribution is 2.36. The molecule has 0 atom stereocenters. The highest BCUT2D eigenvalue weighted by molar-refractivity contribution is 9.10. The van der Waals surface area contributed by atoms with E-state index in [9.17, 15) is 5.11 Å². The minimum atomic E-state index is 0.296. The molecule has 1 heterocycles.